The Hall–Kier alpha value is -1.82. The Morgan fingerprint density at radius 1 is 1.36 bits per heavy atom. The van der Waals surface area contributed by atoms with Crippen LogP contribution in [0, 0.1) is 0 Å². The molecule has 6 nitrogen and oxygen atoms in total. The maximum atomic E-state index is 5.82. The lowest BCUT2D eigenvalue weighted by Gasteiger charge is -2.34. The fraction of sp³-hybridized carbons (Fsp3) is 0.625. The van der Waals surface area contributed by atoms with Crippen molar-refractivity contribution in [1.82, 2.24) is 20.1 Å². The lowest BCUT2D eigenvalue weighted by molar-refractivity contribution is 0.382. The van der Waals surface area contributed by atoms with E-state index in [1.54, 1.807) is 0 Å². The molecule has 2 aromatic heterocycles. The van der Waals surface area contributed by atoms with Crippen LogP contribution in [-0.4, -0.2) is 33.9 Å². The zero-order chi connectivity index (χ0) is 14.9. The third-order valence-corrected chi connectivity index (χ3v) is 4.60. The number of anilines is 1. The Morgan fingerprint density at radius 3 is 3.05 bits per heavy atom. The number of hydrogen-bond acceptors (Lipinski definition) is 5. The van der Waals surface area contributed by atoms with Crippen molar-refractivity contribution < 1.29 is 4.42 Å². The van der Waals surface area contributed by atoms with Crippen LogP contribution in [0.1, 0.15) is 43.3 Å². The van der Waals surface area contributed by atoms with Crippen LogP contribution in [-0.2, 0) is 13.6 Å². The Kier molecular flexibility index (Phi) is 3.62. The lowest BCUT2D eigenvalue weighted by atomic mass is 10.1. The van der Waals surface area contributed by atoms with Gasteiger partial charge in [-0.3, -0.25) is 4.68 Å². The number of piperidine rings is 1. The van der Waals surface area contributed by atoms with Gasteiger partial charge in [0.15, 0.2) is 5.89 Å². The first-order chi connectivity index (χ1) is 10.8. The van der Waals surface area contributed by atoms with Crippen molar-refractivity contribution in [3.05, 3.63) is 30.1 Å². The van der Waals surface area contributed by atoms with Crippen LogP contribution in [0.4, 0.5) is 5.82 Å². The van der Waals surface area contributed by atoms with Crippen molar-refractivity contribution in [3.63, 3.8) is 0 Å². The molecule has 1 aliphatic heterocycles. The second-order valence-corrected chi connectivity index (χ2v) is 6.42. The highest BCUT2D eigenvalue weighted by atomic mass is 16.4. The zero-order valence-electron chi connectivity index (χ0n) is 13.0. The summed E-state index contributed by atoms with van der Waals surface area (Å²) in [7, 11) is 2.00. The van der Waals surface area contributed by atoms with Crippen molar-refractivity contribution in [3.8, 4) is 0 Å². The number of hydrogen-bond donors (Lipinski definition) is 1. The van der Waals surface area contributed by atoms with Crippen molar-refractivity contribution in [2.45, 2.75) is 44.2 Å². The number of nitrogens with zero attached hydrogens (tertiary/aromatic N) is 4. The molecule has 6 heteroatoms. The third-order valence-electron chi connectivity index (χ3n) is 4.60. The third kappa shape index (κ3) is 2.88. The van der Waals surface area contributed by atoms with Crippen LogP contribution in [0.15, 0.2) is 22.9 Å². The van der Waals surface area contributed by atoms with E-state index in [1.807, 2.05) is 24.1 Å². The Morgan fingerprint density at radius 2 is 2.27 bits per heavy atom. The maximum absolute atomic E-state index is 5.82. The molecule has 0 amide bonds. The van der Waals surface area contributed by atoms with E-state index in [0.29, 0.717) is 12.0 Å². The summed E-state index contributed by atoms with van der Waals surface area (Å²) < 4.78 is 7.76. The summed E-state index contributed by atoms with van der Waals surface area (Å²) >= 11 is 0. The van der Waals surface area contributed by atoms with Crippen molar-refractivity contribution in [2.24, 2.45) is 7.05 Å². The smallest absolute Gasteiger partial charge is 0.197 e. The lowest BCUT2D eigenvalue weighted by Crippen LogP contribution is -2.46. The number of nitrogens with one attached hydrogen (secondary N) is 1. The van der Waals surface area contributed by atoms with Gasteiger partial charge in [0, 0.05) is 38.2 Å². The zero-order valence-corrected chi connectivity index (χ0v) is 13.0. The van der Waals surface area contributed by atoms with E-state index in [1.165, 1.54) is 31.5 Å². The van der Waals surface area contributed by atoms with Gasteiger partial charge in [-0.2, -0.15) is 5.10 Å². The molecule has 1 N–H and O–H groups in total. The molecule has 0 spiro atoms. The minimum absolute atomic E-state index is 0.484. The maximum Gasteiger partial charge on any atom is 0.197 e. The van der Waals surface area contributed by atoms with Gasteiger partial charge < -0.3 is 14.6 Å². The van der Waals surface area contributed by atoms with Gasteiger partial charge in [-0.1, -0.05) is 0 Å². The van der Waals surface area contributed by atoms with Crippen molar-refractivity contribution in [1.29, 1.82) is 0 Å². The number of rotatable bonds is 5. The van der Waals surface area contributed by atoms with Crippen LogP contribution >= 0.6 is 0 Å². The Balaban J connectivity index is 1.33. The molecule has 1 unspecified atom stereocenters. The first kappa shape index (κ1) is 13.8. The van der Waals surface area contributed by atoms with E-state index < -0.39 is 0 Å². The molecule has 2 aromatic rings. The van der Waals surface area contributed by atoms with Crippen molar-refractivity contribution >= 4 is 5.82 Å². The predicted octanol–water partition coefficient (Wildman–Crippen LogP) is 2.04. The standard InChI is InChI=1S/C16H23N5O/c1-20-15(6-7-19-20)21-8-2-3-13(11-21)17-9-14-10-18-16(22-14)12-4-5-12/h6-7,10,12-13,17H,2-5,8-9,11H2,1H3. The van der Waals surface area contributed by atoms with E-state index in [9.17, 15) is 0 Å². The second kappa shape index (κ2) is 5.76. The summed E-state index contributed by atoms with van der Waals surface area (Å²) in [6, 6.07) is 2.57. The fourth-order valence-corrected chi connectivity index (χ4v) is 3.20. The molecule has 2 aliphatic rings. The van der Waals surface area contributed by atoms with Gasteiger partial charge in [0.05, 0.1) is 18.9 Å². The van der Waals surface area contributed by atoms with E-state index in [4.69, 9.17) is 4.42 Å². The van der Waals surface area contributed by atoms with Crippen molar-refractivity contribution in [2.75, 3.05) is 18.0 Å². The average molecular weight is 301 g/mol. The highest BCUT2D eigenvalue weighted by Gasteiger charge is 2.28. The van der Waals surface area contributed by atoms with Crippen LogP contribution in [0.3, 0.4) is 0 Å². The molecule has 1 atom stereocenters. The van der Waals surface area contributed by atoms with Gasteiger partial charge in [-0.15, -0.1) is 0 Å². The Labute approximate surface area is 130 Å². The molecule has 118 valence electrons. The van der Waals surface area contributed by atoms with Gasteiger partial charge in [0.2, 0.25) is 0 Å². The number of oxazole rings is 1. The predicted molar refractivity (Wildman–Crippen MR) is 83.8 cm³/mol. The molecule has 0 radical (unpaired) electrons. The van der Waals surface area contributed by atoms with Crippen LogP contribution in [0.5, 0.6) is 0 Å². The van der Waals surface area contributed by atoms with Gasteiger partial charge in [0.1, 0.15) is 11.6 Å². The van der Waals surface area contributed by atoms with Crippen LogP contribution in [0.25, 0.3) is 0 Å². The van der Waals surface area contributed by atoms with E-state index in [-0.39, 0.29) is 0 Å². The number of aromatic nitrogens is 3. The molecular formula is C16H23N5O. The summed E-state index contributed by atoms with van der Waals surface area (Å²) in [6.45, 7) is 2.89. The summed E-state index contributed by atoms with van der Waals surface area (Å²) in [5.41, 5.74) is 0. The first-order valence-corrected chi connectivity index (χ1v) is 8.20. The molecular weight excluding hydrogens is 278 g/mol. The van der Waals surface area contributed by atoms with Crippen LogP contribution in [0.2, 0.25) is 0 Å². The van der Waals surface area contributed by atoms with Gasteiger partial charge in [0.25, 0.3) is 0 Å². The SMILES string of the molecule is Cn1nccc1N1CCCC(NCc2cnc(C3CC3)o2)C1. The molecule has 2 fully saturated rings. The van der Waals surface area contributed by atoms with Gasteiger partial charge in [-0.05, 0) is 25.7 Å². The largest absolute Gasteiger partial charge is 0.444 e. The van der Waals surface area contributed by atoms with E-state index in [0.717, 1.165) is 31.3 Å². The molecule has 3 heterocycles. The van der Waals surface area contributed by atoms with E-state index in [2.05, 4.69) is 26.4 Å². The van der Waals surface area contributed by atoms with E-state index >= 15 is 0 Å². The fourth-order valence-electron chi connectivity index (χ4n) is 3.20. The molecule has 1 aliphatic carbocycles. The minimum Gasteiger partial charge on any atom is -0.444 e. The molecule has 1 saturated heterocycles. The normalized spacial score (nSPS) is 22.2. The summed E-state index contributed by atoms with van der Waals surface area (Å²) in [6.07, 6.45) is 8.61. The molecule has 4 rings (SSSR count). The van der Waals surface area contributed by atoms with Gasteiger partial charge >= 0.3 is 0 Å². The first-order valence-electron chi connectivity index (χ1n) is 8.20. The number of aryl methyl sites for hydroxylation is 1. The molecule has 1 saturated carbocycles. The molecule has 22 heavy (non-hydrogen) atoms. The monoisotopic (exact) mass is 301 g/mol. The second-order valence-electron chi connectivity index (χ2n) is 6.42. The Bertz CT molecular complexity index is 630. The van der Waals surface area contributed by atoms with Crippen LogP contribution < -0.4 is 10.2 Å². The average Bonchev–Trinajstić information content (AvgIpc) is 3.12. The summed E-state index contributed by atoms with van der Waals surface area (Å²) in [4.78, 5) is 6.79. The molecule has 0 aromatic carbocycles. The summed E-state index contributed by atoms with van der Waals surface area (Å²) in [5.74, 6) is 3.67. The molecule has 0 bridgehead atoms. The minimum atomic E-state index is 0.484. The highest BCUT2D eigenvalue weighted by molar-refractivity contribution is 5.38. The summed E-state index contributed by atoms with van der Waals surface area (Å²) in [5, 5.41) is 7.88. The quantitative estimate of drug-likeness (QED) is 0.916. The topological polar surface area (TPSA) is 59.1 Å². The highest BCUT2D eigenvalue weighted by Crippen LogP contribution is 2.39. The van der Waals surface area contributed by atoms with Gasteiger partial charge in [-0.25, -0.2) is 4.98 Å².